The van der Waals surface area contributed by atoms with Gasteiger partial charge < -0.3 is 20.5 Å². The van der Waals surface area contributed by atoms with Crippen LogP contribution in [0.1, 0.15) is 24.4 Å². The lowest BCUT2D eigenvalue weighted by atomic mass is 10.2. The number of H-pyrrole nitrogens is 1. The molecule has 108 valence electrons. The summed E-state index contributed by atoms with van der Waals surface area (Å²) < 4.78 is 0. The lowest BCUT2D eigenvalue weighted by Gasteiger charge is -2.12. The molecule has 0 amide bonds. The molecule has 0 spiro atoms. The molecule has 21 heavy (non-hydrogen) atoms. The lowest BCUT2D eigenvalue weighted by Crippen LogP contribution is -2.19. The first-order valence-electron chi connectivity index (χ1n) is 6.82. The molecule has 1 atom stereocenters. The van der Waals surface area contributed by atoms with Gasteiger partial charge in [-0.05, 0) is 25.1 Å². The maximum Gasteiger partial charge on any atom is 0.124 e. The van der Waals surface area contributed by atoms with Crippen molar-refractivity contribution in [3.05, 3.63) is 53.9 Å². The van der Waals surface area contributed by atoms with Crippen LogP contribution in [0.5, 0.6) is 11.5 Å². The number of fused-ring (bicyclic) bond motifs is 1. The van der Waals surface area contributed by atoms with E-state index in [2.05, 4.69) is 15.3 Å². The van der Waals surface area contributed by atoms with Crippen molar-refractivity contribution >= 4 is 11.0 Å². The smallest absolute Gasteiger partial charge is 0.124 e. The molecule has 2 aromatic carbocycles. The van der Waals surface area contributed by atoms with Crippen LogP contribution in [0.4, 0.5) is 0 Å². The summed E-state index contributed by atoms with van der Waals surface area (Å²) in [7, 11) is 0. The highest BCUT2D eigenvalue weighted by Gasteiger charge is 2.11. The fraction of sp³-hybridized carbons (Fsp3) is 0.188. The van der Waals surface area contributed by atoms with Gasteiger partial charge in [-0.2, -0.15) is 0 Å². The third-order valence-corrected chi connectivity index (χ3v) is 3.49. The Morgan fingerprint density at radius 1 is 1.19 bits per heavy atom. The van der Waals surface area contributed by atoms with Crippen LogP contribution in [-0.2, 0) is 6.54 Å². The predicted molar refractivity (Wildman–Crippen MR) is 81.1 cm³/mol. The molecular weight excluding hydrogens is 266 g/mol. The second kappa shape index (κ2) is 5.46. The zero-order chi connectivity index (χ0) is 14.8. The maximum absolute atomic E-state index is 9.77. The topological polar surface area (TPSA) is 81.2 Å². The van der Waals surface area contributed by atoms with Gasteiger partial charge in [-0.25, -0.2) is 4.98 Å². The number of imidazole rings is 1. The molecule has 5 heteroatoms. The minimum atomic E-state index is 0.0191. The molecule has 0 saturated carbocycles. The first-order chi connectivity index (χ1) is 10.1. The van der Waals surface area contributed by atoms with Crippen molar-refractivity contribution < 1.29 is 10.2 Å². The molecule has 0 aliphatic carbocycles. The van der Waals surface area contributed by atoms with Crippen LogP contribution in [0.3, 0.4) is 0 Å². The van der Waals surface area contributed by atoms with Gasteiger partial charge in [0.05, 0.1) is 17.1 Å². The van der Waals surface area contributed by atoms with E-state index in [1.165, 1.54) is 6.07 Å². The van der Waals surface area contributed by atoms with E-state index in [9.17, 15) is 10.2 Å². The van der Waals surface area contributed by atoms with E-state index in [0.717, 1.165) is 22.4 Å². The Morgan fingerprint density at radius 2 is 2.00 bits per heavy atom. The molecule has 0 aliphatic heterocycles. The first-order valence-corrected chi connectivity index (χ1v) is 6.82. The fourth-order valence-electron chi connectivity index (χ4n) is 2.24. The number of hydrogen-bond acceptors (Lipinski definition) is 4. The molecule has 0 bridgehead atoms. The van der Waals surface area contributed by atoms with Gasteiger partial charge in [0.1, 0.15) is 17.3 Å². The summed E-state index contributed by atoms with van der Waals surface area (Å²) in [5, 5.41) is 22.3. The molecule has 0 aliphatic rings. The van der Waals surface area contributed by atoms with Crippen LogP contribution >= 0.6 is 0 Å². The largest absolute Gasteiger partial charge is 0.508 e. The lowest BCUT2D eigenvalue weighted by molar-refractivity contribution is 0.440. The average molecular weight is 283 g/mol. The quantitative estimate of drug-likeness (QED) is 0.593. The van der Waals surface area contributed by atoms with Crippen molar-refractivity contribution in [2.24, 2.45) is 0 Å². The molecule has 0 fully saturated rings. The minimum Gasteiger partial charge on any atom is -0.508 e. The third-order valence-electron chi connectivity index (χ3n) is 3.49. The zero-order valence-corrected chi connectivity index (χ0v) is 11.7. The number of nitrogens with zero attached hydrogens (tertiary/aromatic N) is 1. The second-order valence-corrected chi connectivity index (χ2v) is 5.05. The summed E-state index contributed by atoms with van der Waals surface area (Å²) in [6.07, 6.45) is 0. The van der Waals surface area contributed by atoms with Crippen molar-refractivity contribution in [2.45, 2.75) is 19.5 Å². The third kappa shape index (κ3) is 2.83. The van der Waals surface area contributed by atoms with Crippen LogP contribution < -0.4 is 5.32 Å². The Morgan fingerprint density at radius 3 is 2.76 bits per heavy atom. The Balaban J connectivity index is 1.72. The molecule has 1 heterocycles. The summed E-state index contributed by atoms with van der Waals surface area (Å²) in [6.45, 7) is 2.50. The first kappa shape index (κ1) is 13.5. The standard InChI is InChI=1S/C16H17N3O2/c1-10(16-18-13-4-2-3-5-14(13)19-16)17-9-11-6-7-12(20)8-15(11)21/h2-8,10,17,20-21H,9H2,1H3,(H,18,19). The molecular formula is C16H17N3O2. The fourth-order valence-corrected chi connectivity index (χ4v) is 2.24. The Bertz CT molecular complexity index is 734. The second-order valence-electron chi connectivity index (χ2n) is 5.05. The van der Waals surface area contributed by atoms with Crippen LogP contribution in [0.25, 0.3) is 11.0 Å². The van der Waals surface area contributed by atoms with E-state index in [0.29, 0.717) is 6.54 Å². The molecule has 4 N–H and O–H groups in total. The number of benzene rings is 2. The highest BCUT2D eigenvalue weighted by molar-refractivity contribution is 5.74. The normalized spacial score (nSPS) is 12.6. The van der Waals surface area contributed by atoms with E-state index < -0.39 is 0 Å². The van der Waals surface area contributed by atoms with Gasteiger partial charge in [0.15, 0.2) is 0 Å². The summed E-state index contributed by atoms with van der Waals surface area (Å²) in [5.41, 5.74) is 2.68. The van der Waals surface area contributed by atoms with Crippen molar-refractivity contribution in [1.29, 1.82) is 0 Å². The minimum absolute atomic E-state index is 0.0191. The van der Waals surface area contributed by atoms with Gasteiger partial charge in [0.2, 0.25) is 0 Å². The zero-order valence-electron chi connectivity index (χ0n) is 11.7. The molecule has 1 unspecified atom stereocenters. The van der Waals surface area contributed by atoms with Gasteiger partial charge in [-0.3, -0.25) is 0 Å². The van der Waals surface area contributed by atoms with E-state index in [1.54, 1.807) is 12.1 Å². The summed E-state index contributed by atoms with van der Waals surface area (Å²) in [5.74, 6) is 0.996. The van der Waals surface area contributed by atoms with Crippen molar-refractivity contribution in [1.82, 2.24) is 15.3 Å². The number of para-hydroxylation sites is 2. The van der Waals surface area contributed by atoms with E-state index in [-0.39, 0.29) is 17.5 Å². The number of aromatic hydroxyl groups is 2. The monoisotopic (exact) mass is 283 g/mol. The highest BCUT2D eigenvalue weighted by atomic mass is 16.3. The summed E-state index contributed by atoms with van der Waals surface area (Å²) >= 11 is 0. The number of rotatable bonds is 4. The van der Waals surface area contributed by atoms with Crippen molar-refractivity contribution in [3.8, 4) is 11.5 Å². The van der Waals surface area contributed by atoms with E-state index in [1.807, 2.05) is 31.2 Å². The SMILES string of the molecule is CC(NCc1ccc(O)cc1O)c1nc2ccccc2[nH]1. The van der Waals surface area contributed by atoms with Crippen LogP contribution in [0, 0.1) is 0 Å². The number of hydrogen-bond donors (Lipinski definition) is 4. The number of aromatic amines is 1. The Kier molecular flexibility index (Phi) is 3.50. The highest BCUT2D eigenvalue weighted by Crippen LogP contribution is 2.23. The molecule has 0 radical (unpaired) electrons. The molecule has 3 aromatic rings. The van der Waals surface area contributed by atoms with Gasteiger partial charge in [-0.15, -0.1) is 0 Å². The van der Waals surface area contributed by atoms with E-state index >= 15 is 0 Å². The predicted octanol–water partition coefficient (Wildman–Crippen LogP) is 2.82. The Hall–Kier alpha value is -2.53. The molecule has 5 nitrogen and oxygen atoms in total. The number of phenolic OH excluding ortho intramolecular Hbond substituents is 2. The van der Waals surface area contributed by atoms with Crippen molar-refractivity contribution in [2.75, 3.05) is 0 Å². The van der Waals surface area contributed by atoms with Gasteiger partial charge in [0.25, 0.3) is 0 Å². The molecule has 1 aromatic heterocycles. The van der Waals surface area contributed by atoms with Gasteiger partial charge in [0, 0.05) is 18.2 Å². The van der Waals surface area contributed by atoms with E-state index in [4.69, 9.17) is 0 Å². The van der Waals surface area contributed by atoms with Crippen molar-refractivity contribution in [3.63, 3.8) is 0 Å². The Labute approximate surface area is 122 Å². The maximum atomic E-state index is 9.77. The van der Waals surface area contributed by atoms with Gasteiger partial charge >= 0.3 is 0 Å². The van der Waals surface area contributed by atoms with Gasteiger partial charge in [-0.1, -0.05) is 18.2 Å². The number of phenols is 2. The number of aromatic nitrogens is 2. The summed E-state index contributed by atoms with van der Waals surface area (Å²) in [4.78, 5) is 7.82. The summed E-state index contributed by atoms with van der Waals surface area (Å²) in [6, 6.07) is 12.5. The molecule has 3 rings (SSSR count). The average Bonchev–Trinajstić information content (AvgIpc) is 2.90. The van der Waals surface area contributed by atoms with Crippen LogP contribution in [0.15, 0.2) is 42.5 Å². The molecule has 0 saturated heterocycles. The van der Waals surface area contributed by atoms with Crippen LogP contribution in [0.2, 0.25) is 0 Å². The number of nitrogens with one attached hydrogen (secondary N) is 2. The van der Waals surface area contributed by atoms with Crippen LogP contribution in [-0.4, -0.2) is 20.2 Å².